The smallest absolute Gasteiger partial charge is 0.409 e. The van der Waals surface area contributed by atoms with Crippen LogP contribution in [0, 0.1) is 11.8 Å². The molecule has 2 rings (SSSR count). The summed E-state index contributed by atoms with van der Waals surface area (Å²) in [5, 5.41) is 0.283. The maximum absolute atomic E-state index is 12.1. The Kier molecular flexibility index (Phi) is 9.82. The molecule has 1 aliphatic carbocycles. The summed E-state index contributed by atoms with van der Waals surface area (Å²) in [4.78, 5) is 13.9. The Balaban J connectivity index is 1.72. The average molecular weight is 446 g/mol. The third kappa shape index (κ3) is 8.45. The van der Waals surface area contributed by atoms with Gasteiger partial charge in [-0.15, -0.1) is 0 Å². The summed E-state index contributed by atoms with van der Waals surface area (Å²) in [5.74, 6) is 1.37. The van der Waals surface area contributed by atoms with Crippen LogP contribution in [0.3, 0.4) is 0 Å². The van der Waals surface area contributed by atoms with Gasteiger partial charge >= 0.3 is 6.09 Å². The predicted octanol–water partition coefficient (Wildman–Crippen LogP) is 7.03. The first-order chi connectivity index (χ1) is 14.6. The van der Waals surface area contributed by atoms with Crippen molar-refractivity contribution in [2.75, 3.05) is 20.3 Å². The van der Waals surface area contributed by atoms with E-state index in [2.05, 4.69) is 46.0 Å². The topological polar surface area (TPSA) is 38.8 Å². The van der Waals surface area contributed by atoms with Crippen LogP contribution in [0.4, 0.5) is 4.79 Å². The van der Waals surface area contributed by atoms with Crippen LogP contribution in [0.2, 0.25) is 18.1 Å². The molecular weight excluding hydrogens is 402 g/mol. The van der Waals surface area contributed by atoms with Crippen molar-refractivity contribution >= 4 is 14.4 Å². The Morgan fingerprint density at radius 1 is 1.13 bits per heavy atom. The van der Waals surface area contributed by atoms with Gasteiger partial charge in [0.25, 0.3) is 0 Å². The summed E-state index contributed by atoms with van der Waals surface area (Å²) in [6, 6.07) is 10.1. The van der Waals surface area contributed by atoms with Gasteiger partial charge in [0.05, 0.1) is 7.11 Å². The number of carbonyl (C=O) groups is 1. The highest BCUT2D eigenvalue weighted by Crippen LogP contribution is 2.38. The van der Waals surface area contributed by atoms with Gasteiger partial charge in [0.1, 0.15) is 0 Å². The van der Waals surface area contributed by atoms with Crippen LogP contribution in [0.5, 0.6) is 0 Å². The molecule has 1 amide bonds. The summed E-state index contributed by atoms with van der Waals surface area (Å²) in [7, 11) is -0.192. The van der Waals surface area contributed by atoms with Crippen molar-refractivity contribution in [1.82, 2.24) is 4.90 Å². The third-order valence-electron chi connectivity index (χ3n) is 7.00. The number of amides is 1. The third-order valence-corrected chi connectivity index (χ3v) is 11.5. The molecule has 31 heavy (non-hydrogen) atoms. The number of carbonyl (C=O) groups excluding carboxylic acids is 1. The molecule has 0 aromatic heterocycles. The van der Waals surface area contributed by atoms with E-state index in [1.165, 1.54) is 32.8 Å². The zero-order valence-corrected chi connectivity index (χ0v) is 21.5. The Hall–Kier alpha value is -1.59. The van der Waals surface area contributed by atoms with Gasteiger partial charge in [0.2, 0.25) is 0 Å². The molecule has 0 saturated heterocycles. The molecule has 0 aliphatic heterocycles. The van der Waals surface area contributed by atoms with Gasteiger partial charge in [-0.2, -0.15) is 0 Å². The van der Waals surface area contributed by atoms with Crippen molar-refractivity contribution in [2.24, 2.45) is 11.8 Å². The molecule has 0 bridgehead atoms. The minimum atomic E-state index is -1.64. The van der Waals surface area contributed by atoms with Gasteiger partial charge in [-0.05, 0) is 67.6 Å². The molecule has 0 N–H and O–H groups in total. The maximum atomic E-state index is 12.1. The summed E-state index contributed by atoms with van der Waals surface area (Å²) in [6.45, 7) is 13.8. The standard InChI is InChI=1S/C26H43NO3Si/c1-26(2,3)31(5,6)30-21-24-17-15-22(16-18-24)12-10-11-19-27(25(28)29-4)20-23-13-8-7-9-14-23/h7-10,12-14,22,24H,11,15-21H2,1-6H3. The molecule has 174 valence electrons. The molecule has 5 heteroatoms. The zero-order chi connectivity index (χ0) is 22.9. The van der Waals surface area contributed by atoms with Crippen molar-refractivity contribution < 1.29 is 14.0 Å². The highest BCUT2D eigenvalue weighted by atomic mass is 28.4. The van der Waals surface area contributed by atoms with Gasteiger partial charge < -0.3 is 14.1 Å². The number of nitrogens with zero attached hydrogens (tertiary/aromatic N) is 1. The lowest BCUT2D eigenvalue weighted by Gasteiger charge is -2.38. The number of benzene rings is 1. The van der Waals surface area contributed by atoms with Crippen LogP contribution in [-0.2, 0) is 15.7 Å². The number of allylic oxidation sites excluding steroid dienone is 1. The van der Waals surface area contributed by atoms with E-state index in [0.29, 0.717) is 24.9 Å². The van der Waals surface area contributed by atoms with E-state index in [4.69, 9.17) is 9.16 Å². The summed E-state index contributed by atoms with van der Waals surface area (Å²) < 4.78 is 11.4. The fraction of sp³-hybridized carbons (Fsp3) is 0.654. The molecule has 0 atom stereocenters. The molecule has 1 aliphatic rings. The average Bonchev–Trinajstić information content (AvgIpc) is 2.74. The molecule has 0 spiro atoms. The van der Waals surface area contributed by atoms with Gasteiger partial charge in [-0.25, -0.2) is 4.79 Å². The van der Waals surface area contributed by atoms with Crippen molar-refractivity contribution in [1.29, 1.82) is 0 Å². The second-order valence-electron chi connectivity index (χ2n) is 10.4. The van der Waals surface area contributed by atoms with Gasteiger partial charge in [0.15, 0.2) is 8.32 Å². The minimum absolute atomic E-state index is 0.264. The van der Waals surface area contributed by atoms with E-state index in [1.54, 1.807) is 4.90 Å². The normalized spacial score (nSPS) is 20.1. The van der Waals surface area contributed by atoms with E-state index >= 15 is 0 Å². The zero-order valence-electron chi connectivity index (χ0n) is 20.5. The van der Waals surface area contributed by atoms with Gasteiger partial charge in [0, 0.05) is 19.7 Å². The lowest BCUT2D eigenvalue weighted by atomic mass is 9.82. The predicted molar refractivity (Wildman–Crippen MR) is 132 cm³/mol. The van der Waals surface area contributed by atoms with E-state index in [9.17, 15) is 4.79 Å². The first kappa shape index (κ1) is 25.7. The van der Waals surface area contributed by atoms with Crippen molar-refractivity contribution in [3.8, 4) is 0 Å². The van der Waals surface area contributed by atoms with Crippen LogP contribution < -0.4 is 0 Å². The molecule has 0 unspecified atom stereocenters. The Labute approximate surface area is 191 Å². The van der Waals surface area contributed by atoms with E-state index in [0.717, 1.165) is 18.6 Å². The van der Waals surface area contributed by atoms with Crippen molar-refractivity contribution in [3.05, 3.63) is 48.0 Å². The second-order valence-corrected chi connectivity index (χ2v) is 15.3. The molecule has 1 aromatic rings. The van der Waals surface area contributed by atoms with Crippen molar-refractivity contribution in [2.45, 2.75) is 77.6 Å². The Morgan fingerprint density at radius 2 is 1.77 bits per heavy atom. The lowest BCUT2D eigenvalue weighted by Crippen LogP contribution is -2.42. The second kappa shape index (κ2) is 11.9. The molecule has 1 saturated carbocycles. The van der Waals surface area contributed by atoms with Crippen LogP contribution in [0.15, 0.2) is 42.5 Å². The highest BCUT2D eigenvalue weighted by molar-refractivity contribution is 6.74. The molecule has 1 aromatic carbocycles. The van der Waals surface area contributed by atoms with Crippen LogP contribution in [0.1, 0.15) is 58.4 Å². The summed E-state index contributed by atoms with van der Waals surface area (Å²) in [6.07, 6.45) is 10.2. The number of methoxy groups -OCH3 is 1. The van der Waals surface area contributed by atoms with Gasteiger partial charge in [-0.3, -0.25) is 0 Å². The van der Waals surface area contributed by atoms with Crippen LogP contribution in [0.25, 0.3) is 0 Å². The number of hydrogen-bond donors (Lipinski definition) is 0. The fourth-order valence-electron chi connectivity index (χ4n) is 3.78. The largest absolute Gasteiger partial charge is 0.453 e. The number of hydrogen-bond acceptors (Lipinski definition) is 3. The SMILES string of the molecule is COC(=O)N(CCC=CC1CCC(CO[Si](C)(C)C(C)(C)C)CC1)Cc1ccccc1. The van der Waals surface area contributed by atoms with E-state index in [1.807, 2.05) is 30.3 Å². The first-order valence-corrected chi connectivity index (χ1v) is 14.7. The van der Waals surface area contributed by atoms with Crippen LogP contribution >= 0.6 is 0 Å². The molecule has 0 radical (unpaired) electrons. The highest BCUT2D eigenvalue weighted by Gasteiger charge is 2.37. The summed E-state index contributed by atoms with van der Waals surface area (Å²) >= 11 is 0. The fourth-order valence-corrected chi connectivity index (χ4v) is 4.86. The number of rotatable bonds is 9. The van der Waals surface area contributed by atoms with E-state index < -0.39 is 8.32 Å². The van der Waals surface area contributed by atoms with Crippen molar-refractivity contribution in [3.63, 3.8) is 0 Å². The first-order valence-electron chi connectivity index (χ1n) is 11.8. The van der Waals surface area contributed by atoms with E-state index in [-0.39, 0.29) is 11.1 Å². The maximum Gasteiger partial charge on any atom is 0.409 e. The van der Waals surface area contributed by atoms with Gasteiger partial charge in [-0.1, -0.05) is 63.3 Å². The van der Waals surface area contributed by atoms with Crippen LogP contribution in [-0.4, -0.2) is 39.6 Å². The summed E-state index contributed by atoms with van der Waals surface area (Å²) in [5.41, 5.74) is 1.12. The monoisotopic (exact) mass is 445 g/mol. The molecule has 1 fully saturated rings. The lowest BCUT2D eigenvalue weighted by molar-refractivity contribution is 0.121. The Bertz CT molecular complexity index is 688. The molecular formula is C26H43NO3Si. The minimum Gasteiger partial charge on any atom is -0.453 e. The Morgan fingerprint density at radius 3 is 2.35 bits per heavy atom. The molecule has 0 heterocycles. The molecule has 4 nitrogen and oxygen atoms in total. The quantitative estimate of drug-likeness (QED) is 0.302. The number of ether oxygens (including phenoxy) is 1.